The maximum absolute atomic E-state index is 12.1. The number of rotatable bonds is 9. The van der Waals surface area contributed by atoms with Crippen molar-refractivity contribution in [2.24, 2.45) is 0 Å². The molecule has 1 aromatic carbocycles. The normalized spacial score (nSPS) is 11.8. The molecule has 1 heterocycles. The van der Waals surface area contributed by atoms with Crippen molar-refractivity contribution in [3.05, 3.63) is 59.8 Å². The molecule has 0 saturated heterocycles. The number of amides is 1. The summed E-state index contributed by atoms with van der Waals surface area (Å²) in [5, 5.41) is 2.55. The summed E-state index contributed by atoms with van der Waals surface area (Å²) in [4.78, 5) is 15.6. The van der Waals surface area contributed by atoms with Crippen LogP contribution in [0.4, 0.5) is 13.2 Å². The maximum atomic E-state index is 12.1. The molecular weight excluding hydrogens is 397 g/mol. The van der Waals surface area contributed by atoms with Crippen LogP contribution in [-0.4, -0.2) is 44.4 Å². The van der Waals surface area contributed by atoms with Crippen LogP contribution in [0.5, 0.6) is 5.88 Å². The number of nitrogens with zero attached hydrogens (tertiary/aromatic N) is 1. The highest BCUT2D eigenvalue weighted by Crippen LogP contribution is 2.17. The number of carbonyl (C=O) groups excluding carboxylic acids is 1. The smallest absolute Gasteiger partial charge is 0.422 e. The summed E-state index contributed by atoms with van der Waals surface area (Å²) in [5.41, 5.74) is 0.831. The number of nitrogens with one attached hydrogen (secondary N) is 1. The van der Waals surface area contributed by atoms with Gasteiger partial charge in [-0.1, -0.05) is 30.3 Å². The molecule has 2 aromatic rings. The molecule has 1 N–H and O–H groups in total. The molecule has 0 fully saturated rings. The Bertz CT molecular complexity index is 870. The predicted molar refractivity (Wildman–Crippen MR) is 96.7 cm³/mol. The van der Waals surface area contributed by atoms with Crippen LogP contribution >= 0.6 is 0 Å². The molecule has 0 aliphatic rings. The second-order valence-electron chi connectivity index (χ2n) is 5.98. The van der Waals surface area contributed by atoms with Gasteiger partial charge < -0.3 is 10.1 Å². The fourth-order valence-corrected chi connectivity index (χ4v) is 3.68. The van der Waals surface area contributed by atoms with E-state index < -0.39 is 28.5 Å². The zero-order valence-corrected chi connectivity index (χ0v) is 15.6. The Morgan fingerprint density at radius 1 is 1.11 bits per heavy atom. The van der Waals surface area contributed by atoms with Gasteiger partial charge in [0, 0.05) is 18.8 Å². The second-order valence-corrected chi connectivity index (χ2v) is 8.16. The van der Waals surface area contributed by atoms with Gasteiger partial charge in [0.25, 0.3) is 5.91 Å². The monoisotopic (exact) mass is 416 g/mol. The Morgan fingerprint density at radius 3 is 2.43 bits per heavy atom. The predicted octanol–water partition coefficient (Wildman–Crippen LogP) is 2.76. The molecule has 1 aromatic heterocycles. The first-order valence-corrected chi connectivity index (χ1v) is 10.1. The van der Waals surface area contributed by atoms with Crippen LogP contribution in [0.1, 0.15) is 22.3 Å². The average molecular weight is 416 g/mol. The maximum Gasteiger partial charge on any atom is 0.422 e. The minimum Gasteiger partial charge on any atom is -0.468 e. The van der Waals surface area contributed by atoms with Crippen molar-refractivity contribution in [3.63, 3.8) is 0 Å². The van der Waals surface area contributed by atoms with E-state index in [2.05, 4.69) is 15.0 Å². The molecule has 0 aliphatic carbocycles. The number of pyridine rings is 1. The van der Waals surface area contributed by atoms with Crippen molar-refractivity contribution in [2.75, 3.05) is 18.9 Å². The van der Waals surface area contributed by atoms with Crippen LogP contribution in [0, 0.1) is 0 Å². The number of halogens is 3. The van der Waals surface area contributed by atoms with Gasteiger partial charge in [0.05, 0.1) is 17.1 Å². The molecule has 6 nitrogen and oxygen atoms in total. The molecular formula is C18H19F3N2O4S. The van der Waals surface area contributed by atoms with Gasteiger partial charge in [-0.15, -0.1) is 0 Å². The molecule has 0 radical (unpaired) electrons. The summed E-state index contributed by atoms with van der Waals surface area (Å²) < 4.78 is 64.8. The van der Waals surface area contributed by atoms with Gasteiger partial charge in [-0.2, -0.15) is 13.2 Å². The zero-order chi connectivity index (χ0) is 20.6. The van der Waals surface area contributed by atoms with Crippen LogP contribution in [0.3, 0.4) is 0 Å². The third kappa shape index (κ3) is 7.95. The quantitative estimate of drug-likeness (QED) is 0.636. The molecule has 0 saturated carbocycles. The van der Waals surface area contributed by atoms with Gasteiger partial charge in [-0.3, -0.25) is 4.79 Å². The van der Waals surface area contributed by atoms with Gasteiger partial charge in [0.2, 0.25) is 5.88 Å². The average Bonchev–Trinajstić information content (AvgIpc) is 2.64. The van der Waals surface area contributed by atoms with Gasteiger partial charge in [-0.05, 0) is 18.1 Å². The summed E-state index contributed by atoms with van der Waals surface area (Å²) in [6.45, 7) is -1.33. The number of carbonyl (C=O) groups is 1. The standard InChI is InChI=1S/C18H19F3N2O4S/c19-18(20,21)13-27-16-8-7-15(11-23-16)17(24)22-9-4-10-28(25,26)12-14-5-2-1-3-6-14/h1-3,5-8,11H,4,9-10,12-13H2,(H,22,24). The minimum atomic E-state index is -4.47. The van der Waals surface area contributed by atoms with Crippen LogP contribution < -0.4 is 10.1 Å². The lowest BCUT2D eigenvalue weighted by Crippen LogP contribution is -2.26. The van der Waals surface area contributed by atoms with E-state index in [0.717, 1.165) is 12.3 Å². The Kier molecular flexibility index (Phi) is 7.38. The van der Waals surface area contributed by atoms with Crippen molar-refractivity contribution in [3.8, 4) is 5.88 Å². The summed E-state index contributed by atoms with van der Waals surface area (Å²) >= 11 is 0. The zero-order valence-electron chi connectivity index (χ0n) is 14.8. The summed E-state index contributed by atoms with van der Waals surface area (Å²) in [6.07, 6.45) is -3.15. The van der Waals surface area contributed by atoms with Crippen molar-refractivity contribution in [1.29, 1.82) is 0 Å². The molecule has 28 heavy (non-hydrogen) atoms. The lowest BCUT2D eigenvalue weighted by molar-refractivity contribution is -0.154. The molecule has 1 amide bonds. The fourth-order valence-electron chi connectivity index (χ4n) is 2.25. The Morgan fingerprint density at radius 2 is 1.82 bits per heavy atom. The van der Waals surface area contributed by atoms with Gasteiger partial charge >= 0.3 is 6.18 Å². The molecule has 2 rings (SSSR count). The lowest BCUT2D eigenvalue weighted by Gasteiger charge is -2.09. The number of ether oxygens (including phenoxy) is 1. The molecule has 0 spiro atoms. The van der Waals surface area contributed by atoms with E-state index >= 15 is 0 Å². The minimum absolute atomic E-state index is 0.0644. The number of benzene rings is 1. The van der Waals surface area contributed by atoms with Crippen molar-refractivity contribution in [1.82, 2.24) is 10.3 Å². The topological polar surface area (TPSA) is 85.4 Å². The summed E-state index contributed by atoms with van der Waals surface area (Å²) in [7, 11) is -3.29. The first-order valence-electron chi connectivity index (χ1n) is 8.33. The van der Waals surface area contributed by atoms with E-state index in [9.17, 15) is 26.4 Å². The van der Waals surface area contributed by atoms with E-state index in [1.165, 1.54) is 6.07 Å². The molecule has 10 heteroatoms. The number of alkyl halides is 3. The Hall–Kier alpha value is -2.62. The van der Waals surface area contributed by atoms with Crippen LogP contribution in [0.15, 0.2) is 48.7 Å². The third-order valence-electron chi connectivity index (χ3n) is 3.53. The number of sulfone groups is 1. The number of aromatic nitrogens is 1. The highest BCUT2D eigenvalue weighted by molar-refractivity contribution is 7.90. The van der Waals surface area contributed by atoms with Crippen LogP contribution in [-0.2, 0) is 15.6 Å². The lowest BCUT2D eigenvalue weighted by atomic mass is 10.2. The van der Waals surface area contributed by atoms with Gasteiger partial charge in [-0.25, -0.2) is 13.4 Å². The largest absolute Gasteiger partial charge is 0.468 e. The third-order valence-corrected chi connectivity index (χ3v) is 5.21. The highest BCUT2D eigenvalue weighted by atomic mass is 32.2. The number of hydrogen-bond donors (Lipinski definition) is 1. The first kappa shape index (κ1) is 21.7. The molecule has 0 atom stereocenters. The Balaban J connectivity index is 1.74. The van der Waals surface area contributed by atoms with Crippen LogP contribution in [0.25, 0.3) is 0 Å². The second kappa shape index (κ2) is 9.54. The SMILES string of the molecule is O=C(NCCCS(=O)(=O)Cc1ccccc1)c1ccc(OCC(F)(F)F)nc1. The van der Waals surface area contributed by atoms with Crippen molar-refractivity contribution >= 4 is 15.7 Å². The van der Waals surface area contributed by atoms with Crippen molar-refractivity contribution < 1.29 is 31.1 Å². The van der Waals surface area contributed by atoms with Gasteiger partial charge in [0.15, 0.2) is 16.4 Å². The Labute approximate surface area is 160 Å². The number of hydrogen-bond acceptors (Lipinski definition) is 5. The first-order chi connectivity index (χ1) is 13.1. The molecule has 0 unspecified atom stereocenters. The van der Waals surface area contributed by atoms with E-state index in [4.69, 9.17) is 0 Å². The van der Waals surface area contributed by atoms with Crippen LogP contribution in [0.2, 0.25) is 0 Å². The van der Waals surface area contributed by atoms with E-state index in [1.54, 1.807) is 30.3 Å². The highest BCUT2D eigenvalue weighted by Gasteiger charge is 2.28. The molecule has 0 bridgehead atoms. The molecule has 0 aliphatic heterocycles. The fraction of sp³-hybridized carbons (Fsp3) is 0.333. The summed E-state index contributed by atoms with van der Waals surface area (Å²) in [6, 6.07) is 11.2. The van der Waals surface area contributed by atoms with E-state index in [0.29, 0.717) is 5.56 Å². The molecule has 152 valence electrons. The van der Waals surface area contributed by atoms with E-state index in [-0.39, 0.29) is 35.9 Å². The van der Waals surface area contributed by atoms with Gasteiger partial charge in [0.1, 0.15) is 0 Å². The summed E-state index contributed by atoms with van der Waals surface area (Å²) in [5.74, 6) is -0.897. The van der Waals surface area contributed by atoms with Crippen molar-refractivity contribution in [2.45, 2.75) is 18.3 Å². The van der Waals surface area contributed by atoms with E-state index in [1.807, 2.05) is 0 Å².